The second-order valence-corrected chi connectivity index (χ2v) is 6.63. The van der Waals surface area contributed by atoms with E-state index < -0.39 is 0 Å². The Kier molecular flexibility index (Phi) is 7.00. The molecule has 3 rings (SSSR count). The van der Waals surface area contributed by atoms with Crippen LogP contribution in [0, 0.1) is 0 Å². The predicted molar refractivity (Wildman–Crippen MR) is 101 cm³/mol. The third kappa shape index (κ3) is 5.41. The van der Waals surface area contributed by atoms with E-state index in [0.717, 1.165) is 23.6 Å². The maximum absolute atomic E-state index is 12.1. The highest BCUT2D eigenvalue weighted by Crippen LogP contribution is 2.24. The van der Waals surface area contributed by atoms with E-state index in [0.29, 0.717) is 24.9 Å². The first-order valence-electron chi connectivity index (χ1n) is 8.52. The number of carbonyl (C=O) groups is 1. The molecular weight excluding hydrogens is 366 g/mol. The van der Waals surface area contributed by atoms with Crippen LogP contribution >= 0.6 is 11.8 Å². The molecule has 0 unspecified atom stereocenters. The SMILES string of the molecule is COCCCn1c(SCC(=O)NCc2ccco2)nnc1-c1ccncc1. The van der Waals surface area contributed by atoms with Crippen LogP contribution in [0.2, 0.25) is 0 Å². The first-order valence-corrected chi connectivity index (χ1v) is 9.51. The molecule has 1 N–H and O–H groups in total. The molecular formula is C18H21N5O3S. The number of carbonyl (C=O) groups excluding carboxylic acids is 1. The van der Waals surface area contributed by atoms with Gasteiger partial charge in [-0.05, 0) is 30.7 Å². The van der Waals surface area contributed by atoms with Crippen molar-refractivity contribution in [2.45, 2.75) is 24.7 Å². The Morgan fingerprint density at radius 3 is 2.89 bits per heavy atom. The fourth-order valence-electron chi connectivity index (χ4n) is 2.46. The largest absolute Gasteiger partial charge is 0.467 e. The summed E-state index contributed by atoms with van der Waals surface area (Å²) in [6.07, 6.45) is 5.85. The quantitative estimate of drug-likeness (QED) is 0.421. The van der Waals surface area contributed by atoms with Crippen molar-refractivity contribution in [1.82, 2.24) is 25.1 Å². The molecule has 0 spiro atoms. The summed E-state index contributed by atoms with van der Waals surface area (Å²) in [5.41, 5.74) is 0.934. The Labute approximate surface area is 161 Å². The van der Waals surface area contributed by atoms with E-state index in [1.807, 2.05) is 22.8 Å². The van der Waals surface area contributed by atoms with Crippen molar-refractivity contribution in [3.05, 3.63) is 48.7 Å². The van der Waals surface area contributed by atoms with Gasteiger partial charge in [0, 0.05) is 38.2 Å². The van der Waals surface area contributed by atoms with Gasteiger partial charge in [0.2, 0.25) is 5.91 Å². The summed E-state index contributed by atoms with van der Waals surface area (Å²) >= 11 is 1.36. The number of nitrogens with zero attached hydrogens (tertiary/aromatic N) is 4. The summed E-state index contributed by atoms with van der Waals surface area (Å²) < 4.78 is 12.4. The van der Waals surface area contributed by atoms with E-state index in [4.69, 9.17) is 9.15 Å². The molecule has 0 saturated carbocycles. The second kappa shape index (κ2) is 9.89. The average molecular weight is 387 g/mol. The summed E-state index contributed by atoms with van der Waals surface area (Å²) in [7, 11) is 1.68. The number of thioether (sulfide) groups is 1. The standard InChI is InChI=1S/C18H21N5O3S/c1-25-10-3-9-23-17(14-5-7-19-8-6-14)21-22-18(23)27-13-16(24)20-12-15-4-2-11-26-15/h2,4-8,11H,3,9-10,12-13H2,1H3,(H,20,24). The van der Waals surface area contributed by atoms with Crippen LogP contribution in [-0.4, -0.2) is 45.1 Å². The molecule has 8 nitrogen and oxygen atoms in total. The molecule has 0 bridgehead atoms. The first kappa shape index (κ1) is 19.1. The van der Waals surface area contributed by atoms with Crippen LogP contribution in [0.3, 0.4) is 0 Å². The molecule has 3 heterocycles. The van der Waals surface area contributed by atoms with E-state index >= 15 is 0 Å². The Bertz CT molecular complexity index is 836. The van der Waals surface area contributed by atoms with Gasteiger partial charge < -0.3 is 19.0 Å². The number of aromatic nitrogens is 4. The number of nitrogens with one attached hydrogen (secondary N) is 1. The highest BCUT2D eigenvalue weighted by Gasteiger charge is 2.15. The average Bonchev–Trinajstić information content (AvgIpc) is 3.35. The molecule has 0 atom stereocenters. The number of rotatable bonds is 10. The maximum atomic E-state index is 12.1. The fourth-order valence-corrected chi connectivity index (χ4v) is 3.25. The van der Waals surface area contributed by atoms with Gasteiger partial charge in [-0.25, -0.2) is 0 Å². The van der Waals surface area contributed by atoms with Crippen LogP contribution in [0.25, 0.3) is 11.4 Å². The lowest BCUT2D eigenvalue weighted by atomic mass is 10.2. The molecule has 9 heteroatoms. The number of furan rings is 1. The molecule has 0 aromatic carbocycles. The van der Waals surface area contributed by atoms with Crippen LogP contribution in [0.5, 0.6) is 0 Å². The highest BCUT2D eigenvalue weighted by molar-refractivity contribution is 7.99. The number of methoxy groups -OCH3 is 1. The van der Waals surface area contributed by atoms with Gasteiger partial charge in [-0.2, -0.15) is 0 Å². The van der Waals surface area contributed by atoms with E-state index in [2.05, 4.69) is 20.5 Å². The minimum Gasteiger partial charge on any atom is -0.467 e. The monoisotopic (exact) mass is 387 g/mol. The third-order valence-electron chi connectivity index (χ3n) is 3.76. The highest BCUT2D eigenvalue weighted by atomic mass is 32.2. The Hall–Kier alpha value is -2.65. The van der Waals surface area contributed by atoms with Crippen LogP contribution < -0.4 is 5.32 Å². The Morgan fingerprint density at radius 1 is 1.30 bits per heavy atom. The van der Waals surface area contributed by atoms with E-state index in [1.54, 1.807) is 31.8 Å². The van der Waals surface area contributed by atoms with E-state index in [-0.39, 0.29) is 11.7 Å². The number of hydrogen-bond donors (Lipinski definition) is 1. The van der Waals surface area contributed by atoms with Gasteiger partial charge in [0.05, 0.1) is 18.6 Å². The Morgan fingerprint density at radius 2 is 2.15 bits per heavy atom. The summed E-state index contributed by atoms with van der Waals surface area (Å²) in [6, 6.07) is 7.39. The molecule has 0 aliphatic rings. The number of ether oxygens (including phenoxy) is 1. The summed E-state index contributed by atoms with van der Waals surface area (Å²) in [5.74, 6) is 1.63. The summed E-state index contributed by atoms with van der Waals surface area (Å²) in [5, 5.41) is 12.1. The van der Waals surface area contributed by atoms with Crippen molar-refractivity contribution in [1.29, 1.82) is 0 Å². The zero-order chi connectivity index (χ0) is 18.9. The minimum absolute atomic E-state index is 0.0895. The van der Waals surface area contributed by atoms with E-state index in [9.17, 15) is 4.79 Å². The molecule has 0 fully saturated rings. The van der Waals surface area contributed by atoms with Crippen LogP contribution in [0.4, 0.5) is 0 Å². The van der Waals surface area contributed by atoms with Crippen molar-refractivity contribution in [3.63, 3.8) is 0 Å². The van der Waals surface area contributed by atoms with Crippen molar-refractivity contribution in [2.75, 3.05) is 19.5 Å². The summed E-state index contributed by atoms with van der Waals surface area (Å²) in [6.45, 7) is 1.71. The van der Waals surface area contributed by atoms with Gasteiger partial charge >= 0.3 is 0 Å². The zero-order valence-electron chi connectivity index (χ0n) is 15.0. The minimum atomic E-state index is -0.0895. The van der Waals surface area contributed by atoms with E-state index in [1.165, 1.54) is 11.8 Å². The molecule has 0 aliphatic carbocycles. The number of hydrogen-bond acceptors (Lipinski definition) is 7. The fraction of sp³-hybridized carbons (Fsp3) is 0.333. The van der Waals surface area contributed by atoms with Gasteiger partial charge in [0.1, 0.15) is 5.76 Å². The normalized spacial score (nSPS) is 10.9. The number of amides is 1. The first-order chi connectivity index (χ1) is 13.3. The van der Waals surface area contributed by atoms with Crippen molar-refractivity contribution < 1.29 is 13.9 Å². The maximum Gasteiger partial charge on any atom is 0.230 e. The molecule has 0 radical (unpaired) electrons. The zero-order valence-corrected chi connectivity index (χ0v) is 15.8. The molecule has 0 aliphatic heterocycles. The lowest BCUT2D eigenvalue weighted by Crippen LogP contribution is -2.24. The molecule has 3 aromatic rings. The molecule has 142 valence electrons. The van der Waals surface area contributed by atoms with Crippen molar-refractivity contribution in [3.8, 4) is 11.4 Å². The Balaban J connectivity index is 1.64. The van der Waals surface area contributed by atoms with Crippen LogP contribution in [-0.2, 0) is 22.6 Å². The van der Waals surface area contributed by atoms with Gasteiger partial charge in [-0.1, -0.05) is 11.8 Å². The van der Waals surface area contributed by atoms with Gasteiger partial charge in [-0.3, -0.25) is 9.78 Å². The van der Waals surface area contributed by atoms with Crippen molar-refractivity contribution in [2.24, 2.45) is 0 Å². The second-order valence-electron chi connectivity index (χ2n) is 5.68. The lowest BCUT2D eigenvalue weighted by Gasteiger charge is -2.10. The third-order valence-corrected chi connectivity index (χ3v) is 4.72. The van der Waals surface area contributed by atoms with Gasteiger partial charge in [0.15, 0.2) is 11.0 Å². The van der Waals surface area contributed by atoms with Crippen molar-refractivity contribution >= 4 is 17.7 Å². The number of pyridine rings is 1. The van der Waals surface area contributed by atoms with Gasteiger partial charge in [-0.15, -0.1) is 10.2 Å². The van der Waals surface area contributed by atoms with Gasteiger partial charge in [0.25, 0.3) is 0 Å². The predicted octanol–water partition coefficient (Wildman–Crippen LogP) is 2.38. The molecule has 0 saturated heterocycles. The molecule has 3 aromatic heterocycles. The topological polar surface area (TPSA) is 95.1 Å². The lowest BCUT2D eigenvalue weighted by molar-refractivity contribution is -0.118. The van der Waals surface area contributed by atoms with Crippen LogP contribution in [0.15, 0.2) is 52.5 Å². The molecule has 1 amide bonds. The van der Waals surface area contributed by atoms with Crippen LogP contribution in [0.1, 0.15) is 12.2 Å². The summed E-state index contributed by atoms with van der Waals surface area (Å²) in [4.78, 5) is 16.1. The smallest absolute Gasteiger partial charge is 0.230 e. The molecule has 27 heavy (non-hydrogen) atoms.